The number of hydrogen-bond acceptors (Lipinski definition) is 4. The van der Waals surface area contributed by atoms with E-state index in [-0.39, 0.29) is 18.0 Å². The minimum Gasteiger partial charge on any atom is -0.486 e. The lowest BCUT2D eigenvalue weighted by Gasteiger charge is -2.29. The molecule has 2 heterocycles. The SMILES string of the molecule is NC1CC(=O)N(C2CC2)C1c1cc(Br)c2c(c1)OCCO2. The maximum absolute atomic E-state index is 12.2. The normalized spacial score (nSPS) is 28.1. The fourth-order valence-corrected chi connectivity index (χ4v) is 3.85. The van der Waals surface area contributed by atoms with Crippen molar-refractivity contribution in [1.82, 2.24) is 4.90 Å². The molecule has 2 N–H and O–H groups in total. The number of amides is 1. The summed E-state index contributed by atoms with van der Waals surface area (Å²) in [5.74, 6) is 1.63. The Hall–Kier alpha value is -1.27. The van der Waals surface area contributed by atoms with Gasteiger partial charge in [-0.05, 0) is 46.5 Å². The predicted octanol–water partition coefficient (Wildman–Crippen LogP) is 1.98. The van der Waals surface area contributed by atoms with E-state index in [1.165, 1.54) is 0 Å². The number of fused-ring (bicyclic) bond motifs is 1. The minimum atomic E-state index is -0.160. The Bertz CT molecular complexity index is 603. The van der Waals surface area contributed by atoms with Crippen LogP contribution < -0.4 is 15.2 Å². The van der Waals surface area contributed by atoms with Crippen molar-refractivity contribution in [2.45, 2.75) is 37.4 Å². The van der Waals surface area contributed by atoms with Gasteiger partial charge in [0.05, 0.1) is 10.5 Å². The molecule has 1 aromatic carbocycles. The van der Waals surface area contributed by atoms with E-state index in [9.17, 15) is 4.79 Å². The van der Waals surface area contributed by atoms with Crippen LogP contribution in [0.3, 0.4) is 0 Å². The van der Waals surface area contributed by atoms with Crippen LogP contribution >= 0.6 is 15.9 Å². The highest BCUT2D eigenvalue weighted by Crippen LogP contribution is 2.45. The Balaban J connectivity index is 1.74. The third-order valence-corrected chi connectivity index (χ3v) is 4.89. The molecule has 0 spiro atoms. The number of nitrogens with two attached hydrogens (primary N) is 1. The van der Waals surface area contributed by atoms with Crippen LogP contribution in [0.4, 0.5) is 0 Å². The molecule has 0 bridgehead atoms. The van der Waals surface area contributed by atoms with Crippen molar-refractivity contribution >= 4 is 21.8 Å². The summed E-state index contributed by atoms with van der Waals surface area (Å²) < 4.78 is 12.2. The van der Waals surface area contributed by atoms with Crippen molar-refractivity contribution in [2.75, 3.05) is 13.2 Å². The third-order valence-electron chi connectivity index (χ3n) is 4.30. The molecule has 112 valence electrons. The Morgan fingerprint density at radius 2 is 2.00 bits per heavy atom. The number of benzene rings is 1. The van der Waals surface area contributed by atoms with E-state index in [1.807, 2.05) is 17.0 Å². The highest BCUT2D eigenvalue weighted by atomic mass is 79.9. The molecule has 1 aromatic rings. The van der Waals surface area contributed by atoms with Crippen molar-refractivity contribution < 1.29 is 14.3 Å². The quantitative estimate of drug-likeness (QED) is 0.883. The van der Waals surface area contributed by atoms with Gasteiger partial charge in [0.1, 0.15) is 13.2 Å². The molecule has 6 heteroatoms. The highest BCUT2D eigenvalue weighted by Gasteiger charge is 2.46. The van der Waals surface area contributed by atoms with Crippen molar-refractivity contribution in [3.05, 3.63) is 22.2 Å². The lowest BCUT2D eigenvalue weighted by Crippen LogP contribution is -2.34. The molecular formula is C15H17BrN2O3. The first-order valence-corrected chi connectivity index (χ1v) is 8.10. The summed E-state index contributed by atoms with van der Waals surface area (Å²) >= 11 is 3.54. The molecular weight excluding hydrogens is 336 g/mol. The average molecular weight is 353 g/mol. The largest absolute Gasteiger partial charge is 0.486 e. The maximum Gasteiger partial charge on any atom is 0.225 e. The lowest BCUT2D eigenvalue weighted by molar-refractivity contribution is -0.129. The van der Waals surface area contributed by atoms with Gasteiger partial charge in [-0.3, -0.25) is 4.79 Å². The van der Waals surface area contributed by atoms with E-state index in [4.69, 9.17) is 15.2 Å². The molecule has 1 aliphatic carbocycles. The molecule has 2 atom stereocenters. The van der Waals surface area contributed by atoms with Gasteiger partial charge in [-0.15, -0.1) is 0 Å². The monoisotopic (exact) mass is 352 g/mol. The first-order chi connectivity index (χ1) is 10.1. The van der Waals surface area contributed by atoms with Crippen LogP contribution in [0, 0.1) is 0 Å². The summed E-state index contributed by atoms with van der Waals surface area (Å²) in [6.07, 6.45) is 2.59. The van der Waals surface area contributed by atoms with Gasteiger partial charge in [0.15, 0.2) is 11.5 Å². The summed E-state index contributed by atoms with van der Waals surface area (Å²) in [7, 11) is 0. The van der Waals surface area contributed by atoms with Crippen LogP contribution in [-0.4, -0.2) is 36.1 Å². The second kappa shape index (κ2) is 4.88. The predicted molar refractivity (Wildman–Crippen MR) is 80.3 cm³/mol. The number of carbonyl (C=O) groups is 1. The van der Waals surface area contributed by atoms with Crippen molar-refractivity contribution in [3.63, 3.8) is 0 Å². The second-order valence-electron chi connectivity index (χ2n) is 5.87. The smallest absolute Gasteiger partial charge is 0.225 e. The molecule has 4 rings (SSSR count). The Morgan fingerprint density at radius 3 is 2.76 bits per heavy atom. The van der Waals surface area contributed by atoms with Gasteiger partial charge in [0.25, 0.3) is 0 Å². The zero-order valence-corrected chi connectivity index (χ0v) is 13.1. The molecule has 2 unspecified atom stereocenters. The Kier molecular flexibility index (Phi) is 3.11. The van der Waals surface area contributed by atoms with Crippen LogP contribution in [0.25, 0.3) is 0 Å². The van der Waals surface area contributed by atoms with Crippen molar-refractivity contribution in [3.8, 4) is 11.5 Å². The first kappa shape index (κ1) is 13.4. The maximum atomic E-state index is 12.2. The zero-order chi connectivity index (χ0) is 14.6. The van der Waals surface area contributed by atoms with Gasteiger partial charge in [-0.1, -0.05) is 0 Å². The molecule has 1 saturated heterocycles. The van der Waals surface area contributed by atoms with E-state index >= 15 is 0 Å². The fourth-order valence-electron chi connectivity index (χ4n) is 3.27. The molecule has 3 aliphatic rings. The molecule has 2 aliphatic heterocycles. The number of rotatable bonds is 2. The Morgan fingerprint density at radius 1 is 1.24 bits per heavy atom. The van der Waals surface area contributed by atoms with E-state index in [2.05, 4.69) is 15.9 Å². The average Bonchev–Trinajstić information content (AvgIpc) is 3.24. The Labute approximate surface area is 131 Å². The van der Waals surface area contributed by atoms with Crippen molar-refractivity contribution in [1.29, 1.82) is 0 Å². The van der Waals surface area contributed by atoms with Crippen LogP contribution in [-0.2, 0) is 4.79 Å². The minimum absolute atomic E-state index is 0.0582. The molecule has 0 aromatic heterocycles. The summed E-state index contributed by atoms with van der Waals surface area (Å²) in [5, 5.41) is 0. The molecule has 21 heavy (non-hydrogen) atoms. The van der Waals surface area contributed by atoms with Crippen LogP contribution in [0.1, 0.15) is 30.9 Å². The lowest BCUT2D eigenvalue weighted by atomic mass is 10.00. The van der Waals surface area contributed by atoms with Crippen LogP contribution in [0.15, 0.2) is 16.6 Å². The standard InChI is InChI=1S/C15H17BrN2O3/c16-10-5-8(6-12-15(10)21-4-3-20-12)14-11(17)7-13(19)18(14)9-1-2-9/h5-6,9,11,14H,1-4,7,17H2. The summed E-state index contributed by atoms with van der Waals surface area (Å²) in [6, 6.07) is 4.12. The number of halogens is 1. The van der Waals surface area contributed by atoms with Gasteiger partial charge in [-0.25, -0.2) is 0 Å². The van der Waals surface area contributed by atoms with Crippen LogP contribution in [0.5, 0.6) is 11.5 Å². The second-order valence-corrected chi connectivity index (χ2v) is 6.73. The van der Waals surface area contributed by atoms with Gasteiger partial charge < -0.3 is 20.1 Å². The summed E-state index contributed by atoms with van der Waals surface area (Å²) in [6.45, 7) is 1.10. The van der Waals surface area contributed by atoms with E-state index in [1.54, 1.807) is 0 Å². The van der Waals surface area contributed by atoms with E-state index in [0.29, 0.717) is 25.7 Å². The number of carbonyl (C=O) groups excluding carboxylic acids is 1. The molecule has 5 nitrogen and oxygen atoms in total. The van der Waals surface area contributed by atoms with E-state index in [0.717, 1.165) is 34.4 Å². The van der Waals surface area contributed by atoms with Crippen molar-refractivity contribution in [2.24, 2.45) is 5.73 Å². The fraction of sp³-hybridized carbons (Fsp3) is 0.533. The molecule has 0 radical (unpaired) electrons. The molecule has 1 saturated carbocycles. The van der Waals surface area contributed by atoms with Gasteiger partial charge in [-0.2, -0.15) is 0 Å². The van der Waals surface area contributed by atoms with Gasteiger partial charge in [0, 0.05) is 18.5 Å². The number of likely N-dealkylation sites (tertiary alicyclic amines) is 1. The first-order valence-electron chi connectivity index (χ1n) is 7.31. The van der Waals surface area contributed by atoms with Crippen LogP contribution in [0.2, 0.25) is 0 Å². The zero-order valence-electron chi connectivity index (χ0n) is 11.5. The van der Waals surface area contributed by atoms with E-state index < -0.39 is 0 Å². The summed E-state index contributed by atoms with van der Waals surface area (Å²) in [5.41, 5.74) is 7.26. The summed E-state index contributed by atoms with van der Waals surface area (Å²) in [4.78, 5) is 14.2. The number of hydrogen-bond donors (Lipinski definition) is 1. The van der Waals surface area contributed by atoms with Gasteiger partial charge in [0.2, 0.25) is 5.91 Å². The number of nitrogens with zero attached hydrogens (tertiary/aromatic N) is 1. The topological polar surface area (TPSA) is 64.8 Å². The molecule has 1 amide bonds. The highest BCUT2D eigenvalue weighted by molar-refractivity contribution is 9.10. The third kappa shape index (κ3) is 2.21. The molecule has 2 fully saturated rings. The van der Waals surface area contributed by atoms with Gasteiger partial charge >= 0.3 is 0 Å². The number of ether oxygens (including phenoxy) is 2.